The quantitative estimate of drug-likeness (QED) is 0.563. The third kappa shape index (κ3) is 3.84. The van der Waals surface area contributed by atoms with Crippen LogP contribution in [-0.2, 0) is 5.41 Å². The second-order valence-electron chi connectivity index (χ2n) is 8.79. The van der Waals surface area contributed by atoms with E-state index in [1.807, 2.05) is 44.2 Å². The van der Waals surface area contributed by atoms with Crippen LogP contribution in [0.25, 0.3) is 10.9 Å². The third-order valence-electron chi connectivity index (χ3n) is 6.10. The Kier molecular flexibility index (Phi) is 4.82. The number of para-hydroxylation sites is 1. The summed E-state index contributed by atoms with van der Waals surface area (Å²) in [5, 5.41) is 15.7. The number of aliphatic hydroxyl groups is 1. The van der Waals surface area contributed by atoms with E-state index in [9.17, 15) is 9.50 Å². The molecular formula is C24H26F2N2O. The summed E-state index contributed by atoms with van der Waals surface area (Å²) in [6.45, 7) is 4.00. The van der Waals surface area contributed by atoms with Gasteiger partial charge < -0.3 is 10.4 Å². The van der Waals surface area contributed by atoms with Gasteiger partial charge in [-0.05, 0) is 54.5 Å². The lowest BCUT2D eigenvalue weighted by Gasteiger charge is -2.39. The molecule has 1 aliphatic carbocycles. The monoisotopic (exact) mass is 396 g/mol. The summed E-state index contributed by atoms with van der Waals surface area (Å²) in [6.07, 6.45) is 2.62. The topological polar surface area (TPSA) is 45.1 Å². The van der Waals surface area contributed by atoms with Gasteiger partial charge in [0.25, 0.3) is 0 Å². The number of aromatic nitrogens is 1. The minimum atomic E-state index is -1.61. The minimum absolute atomic E-state index is 0.0854. The first-order valence-corrected chi connectivity index (χ1v) is 9.98. The van der Waals surface area contributed by atoms with E-state index in [4.69, 9.17) is 0 Å². The molecule has 1 unspecified atom stereocenters. The van der Waals surface area contributed by atoms with Crippen molar-refractivity contribution in [3.05, 3.63) is 72.2 Å². The van der Waals surface area contributed by atoms with Gasteiger partial charge in [-0.3, -0.25) is 4.98 Å². The minimum Gasteiger partial charge on any atom is -0.385 e. The van der Waals surface area contributed by atoms with Gasteiger partial charge in [0.2, 0.25) is 0 Å². The summed E-state index contributed by atoms with van der Waals surface area (Å²) in [6, 6.07) is 15.8. The van der Waals surface area contributed by atoms with Gasteiger partial charge in [0.15, 0.2) is 0 Å². The van der Waals surface area contributed by atoms with Crippen molar-refractivity contribution < 1.29 is 13.9 Å². The summed E-state index contributed by atoms with van der Waals surface area (Å²) in [5.74, 6) is -0.310. The molecule has 2 N–H and O–H groups in total. The number of anilines is 1. The summed E-state index contributed by atoms with van der Waals surface area (Å²) in [7, 11) is 0. The van der Waals surface area contributed by atoms with Gasteiger partial charge in [-0.1, -0.05) is 44.2 Å². The van der Waals surface area contributed by atoms with Gasteiger partial charge in [-0.25, -0.2) is 8.78 Å². The molecule has 1 saturated carbocycles. The SMILES string of the molecule is CC(C)(CC(O)(CNc1ccnc2ccccc12)C1(F)CC1)c1ccc(F)cc1. The maximum atomic E-state index is 15.3. The fourth-order valence-corrected chi connectivity index (χ4v) is 4.18. The second kappa shape index (κ2) is 7.06. The zero-order valence-electron chi connectivity index (χ0n) is 16.8. The highest BCUT2D eigenvalue weighted by Gasteiger charge is 2.61. The van der Waals surface area contributed by atoms with Crippen LogP contribution in [0.5, 0.6) is 0 Å². The first-order valence-electron chi connectivity index (χ1n) is 9.98. The van der Waals surface area contributed by atoms with E-state index >= 15 is 4.39 Å². The Morgan fingerprint density at radius 1 is 1.07 bits per heavy atom. The average molecular weight is 396 g/mol. The molecule has 1 aliphatic rings. The van der Waals surface area contributed by atoms with E-state index in [-0.39, 0.29) is 18.8 Å². The Bertz CT molecular complexity index is 1010. The van der Waals surface area contributed by atoms with E-state index in [1.165, 1.54) is 12.1 Å². The van der Waals surface area contributed by atoms with Crippen LogP contribution in [0.4, 0.5) is 14.5 Å². The van der Waals surface area contributed by atoms with Crippen LogP contribution in [0.15, 0.2) is 60.8 Å². The molecule has 1 aromatic heterocycles. The first kappa shape index (κ1) is 19.8. The van der Waals surface area contributed by atoms with Gasteiger partial charge in [0, 0.05) is 23.8 Å². The molecule has 1 fully saturated rings. The normalized spacial score (nSPS) is 17.7. The number of nitrogens with one attached hydrogen (secondary N) is 1. The summed E-state index contributed by atoms with van der Waals surface area (Å²) < 4.78 is 28.6. The number of fused-ring (bicyclic) bond motifs is 1. The van der Waals surface area contributed by atoms with Gasteiger partial charge in [-0.2, -0.15) is 0 Å². The fraction of sp³-hybridized carbons (Fsp3) is 0.375. The Hall–Kier alpha value is -2.53. The van der Waals surface area contributed by atoms with Crippen LogP contribution >= 0.6 is 0 Å². The lowest BCUT2D eigenvalue weighted by Crippen LogP contribution is -2.51. The second-order valence-corrected chi connectivity index (χ2v) is 8.79. The number of pyridine rings is 1. The molecule has 0 spiro atoms. The van der Waals surface area contributed by atoms with Crippen molar-refractivity contribution in [2.24, 2.45) is 0 Å². The predicted octanol–water partition coefficient (Wildman–Crippen LogP) is 5.39. The lowest BCUT2D eigenvalue weighted by molar-refractivity contribution is -0.0586. The Balaban J connectivity index is 1.59. The van der Waals surface area contributed by atoms with Crippen molar-refractivity contribution in [2.45, 2.75) is 49.8 Å². The molecule has 0 radical (unpaired) electrons. The van der Waals surface area contributed by atoms with Crippen molar-refractivity contribution >= 4 is 16.6 Å². The van der Waals surface area contributed by atoms with Crippen LogP contribution in [0, 0.1) is 5.82 Å². The van der Waals surface area contributed by atoms with E-state index in [0.717, 1.165) is 22.2 Å². The molecule has 4 rings (SSSR count). The van der Waals surface area contributed by atoms with Crippen molar-refractivity contribution in [3.8, 4) is 0 Å². The van der Waals surface area contributed by atoms with Crippen molar-refractivity contribution in [1.82, 2.24) is 4.98 Å². The molecule has 152 valence electrons. The molecule has 0 amide bonds. The first-order chi connectivity index (χ1) is 13.7. The van der Waals surface area contributed by atoms with Gasteiger partial charge in [-0.15, -0.1) is 0 Å². The number of hydrogen-bond acceptors (Lipinski definition) is 3. The van der Waals surface area contributed by atoms with Crippen molar-refractivity contribution in [1.29, 1.82) is 0 Å². The Morgan fingerprint density at radius 3 is 2.45 bits per heavy atom. The van der Waals surface area contributed by atoms with Crippen LogP contribution < -0.4 is 5.32 Å². The molecule has 2 aromatic carbocycles. The predicted molar refractivity (Wildman–Crippen MR) is 112 cm³/mol. The highest BCUT2D eigenvalue weighted by molar-refractivity contribution is 5.90. The number of nitrogens with zero attached hydrogens (tertiary/aromatic N) is 1. The number of halogens is 2. The highest BCUT2D eigenvalue weighted by Crippen LogP contribution is 2.53. The molecule has 5 heteroatoms. The number of hydrogen-bond donors (Lipinski definition) is 2. The Morgan fingerprint density at radius 2 is 1.76 bits per heavy atom. The molecule has 3 nitrogen and oxygen atoms in total. The average Bonchev–Trinajstić information content (AvgIpc) is 3.46. The van der Waals surface area contributed by atoms with E-state index in [1.54, 1.807) is 18.3 Å². The van der Waals surface area contributed by atoms with Gasteiger partial charge in [0.1, 0.15) is 17.1 Å². The fourth-order valence-electron chi connectivity index (χ4n) is 4.18. The zero-order chi connectivity index (χ0) is 20.7. The van der Waals surface area contributed by atoms with Crippen LogP contribution in [0.2, 0.25) is 0 Å². The third-order valence-corrected chi connectivity index (χ3v) is 6.10. The summed E-state index contributed by atoms with van der Waals surface area (Å²) >= 11 is 0. The van der Waals surface area contributed by atoms with Crippen molar-refractivity contribution in [2.75, 3.05) is 11.9 Å². The highest BCUT2D eigenvalue weighted by atomic mass is 19.1. The number of alkyl halides is 1. The molecule has 1 atom stereocenters. The standard InChI is InChI=1S/C24H26F2N2O/c1-22(2,17-7-9-18(25)10-8-17)15-24(29,23(26)12-13-23)16-28-21-11-14-27-20-6-4-3-5-19(20)21/h3-11,14,29H,12-13,15-16H2,1-2H3,(H,27,28). The maximum absolute atomic E-state index is 15.3. The van der Waals surface area contributed by atoms with E-state index in [2.05, 4.69) is 10.3 Å². The number of rotatable bonds is 7. The lowest BCUT2D eigenvalue weighted by atomic mass is 9.73. The van der Waals surface area contributed by atoms with E-state index < -0.39 is 16.7 Å². The molecule has 0 saturated heterocycles. The number of benzene rings is 2. The van der Waals surface area contributed by atoms with Crippen LogP contribution in [0.1, 0.15) is 38.7 Å². The smallest absolute Gasteiger partial charge is 0.141 e. The summed E-state index contributed by atoms with van der Waals surface area (Å²) in [5.41, 5.74) is -1.15. The van der Waals surface area contributed by atoms with Crippen LogP contribution in [-0.4, -0.2) is 27.9 Å². The summed E-state index contributed by atoms with van der Waals surface area (Å²) in [4.78, 5) is 4.35. The molecule has 0 bridgehead atoms. The van der Waals surface area contributed by atoms with Crippen molar-refractivity contribution in [3.63, 3.8) is 0 Å². The maximum Gasteiger partial charge on any atom is 0.141 e. The molecule has 3 aromatic rings. The van der Waals surface area contributed by atoms with Gasteiger partial charge in [0.05, 0.1) is 5.52 Å². The van der Waals surface area contributed by atoms with Gasteiger partial charge >= 0.3 is 0 Å². The zero-order valence-corrected chi connectivity index (χ0v) is 16.8. The molecule has 0 aliphatic heterocycles. The molecule has 1 heterocycles. The Labute approximate surface area is 169 Å². The van der Waals surface area contributed by atoms with E-state index in [0.29, 0.717) is 12.8 Å². The van der Waals surface area contributed by atoms with Crippen LogP contribution in [0.3, 0.4) is 0 Å². The largest absolute Gasteiger partial charge is 0.385 e. The molecule has 29 heavy (non-hydrogen) atoms. The molecular weight excluding hydrogens is 370 g/mol.